The summed E-state index contributed by atoms with van der Waals surface area (Å²) in [6, 6.07) is 18.3. The van der Waals surface area contributed by atoms with E-state index in [1.54, 1.807) is 6.92 Å². The molecule has 1 atom stereocenters. The summed E-state index contributed by atoms with van der Waals surface area (Å²) in [4.78, 5) is 13.7. The second-order valence-corrected chi connectivity index (χ2v) is 7.37. The summed E-state index contributed by atoms with van der Waals surface area (Å²) < 4.78 is 0. The molecule has 2 nitrogen and oxygen atoms in total. The summed E-state index contributed by atoms with van der Waals surface area (Å²) in [5.41, 5.74) is 5.15. The lowest BCUT2D eigenvalue weighted by molar-refractivity contribution is -0.116. The number of benzene rings is 2. The molecule has 1 aliphatic rings. The van der Waals surface area contributed by atoms with Crippen LogP contribution in [0.5, 0.6) is 0 Å². The number of carbonyl (C=O) groups is 1. The van der Waals surface area contributed by atoms with Crippen LogP contribution in [0, 0.1) is 0 Å². The molecular formula is C23H29NO. The van der Waals surface area contributed by atoms with Crippen molar-refractivity contribution in [1.82, 2.24) is 4.90 Å². The molecule has 0 radical (unpaired) electrons. The first-order valence-corrected chi connectivity index (χ1v) is 9.53. The normalized spacial score (nSPS) is 17.8. The molecule has 1 aliphatic heterocycles. The Balaban J connectivity index is 1.57. The number of nitrogens with zero attached hydrogens (tertiary/aromatic N) is 1. The zero-order valence-electron chi connectivity index (χ0n) is 15.5. The van der Waals surface area contributed by atoms with Gasteiger partial charge in [0.2, 0.25) is 0 Å². The highest BCUT2D eigenvalue weighted by atomic mass is 16.1. The van der Waals surface area contributed by atoms with Crippen LogP contribution in [0.2, 0.25) is 0 Å². The molecule has 0 spiro atoms. The van der Waals surface area contributed by atoms with Crippen molar-refractivity contribution in [3.63, 3.8) is 0 Å². The van der Waals surface area contributed by atoms with E-state index in [2.05, 4.69) is 60.4 Å². The van der Waals surface area contributed by atoms with Crippen molar-refractivity contribution in [3.8, 4) is 11.1 Å². The van der Waals surface area contributed by atoms with Crippen molar-refractivity contribution in [3.05, 3.63) is 59.7 Å². The molecule has 3 rings (SSSR count). The average Bonchev–Trinajstić information content (AvgIpc) is 3.04. The lowest BCUT2D eigenvalue weighted by Gasteiger charge is -2.20. The topological polar surface area (TPSA) is 20.3 Å². The van der Waals surface area contributed by atoms with Crippen molar-refractivity contribution in [2.75, 3.05) is 13.1 Å². The van der Waals surface area contributed by atoms with Gasteiger partial charge in [-0.05, 0) is 68.3 Å². The van der Waals surface area contributed by atoms with Crippen molar-refractivity contribution in [1.29, 1.82) is 0 Å². The van der Waals surface area contributed by atoms with Crippen LogP contribution < -0.4 is 0 Å². The number of carbonyl (C=O) groups excluding carboxylic acids is 1. The van der Waals surface area contributed by atoms with E-state index in [0.717, 1.165) is 18.9 Å². The Labute approximate surface area is 151 Å². The highest BCUT2D eigenvalue weighted by Crippen LogP contribution is 2.22. The van der Waals surface area contributed by atoms with Gasteiger partial charge in [0, 0.05) is 19.0 Å². The lowest BCUT2D eigenvalue weighted by atomic mass is 10.00. The number of rotatable bonds is 7. The Morgan fingerprint density at radius 2 is 1.52 bits per heavy atom. The molecule has 2 aromatic carbocycles. The van der Waals surface area contributed by atoms with Crippen LogP contribution in [0.25, 0.3) is 11.1 Å². The van der Waals surface area contributed by atoms with Gasteiger partial charge in [0.15, 0.2) is 0 Å². The van der Waals surface area contributed by atoms with E-state index >= 15 is 0 Å². The van der Waals surface area contributed by atoms with E-state index < -0.39 is 0 Å². The summed E-state index contributed by atoms with van der Waals surface area (Å²) in [5.74, 6) is 0.253. The highest BCUT2D eigenvalue weighted by Gasteiger charge is 2.19. The number of hydrogen-bond acceptors (Lipinski definition) is 2. The van der Waals surface area contributed by atoms with E-state index in [9.17, 15) is 4.79 Å². The van der Waals surface area contributed by atoms with Crippen LogP contribution in [0.1, 0.15) is 44.2 Å². The number of aryl methyl sites for hydroxylation is 1. The molecule has 0 bridgehead atoms. The van der Waals surface area contributed by atoms with Crippen LogP contribution >= 0.6 is 0 Å². The molecule has 25 heavy (non-hydrogen) atoms. The maximum Gasteiger partial charge on any atom is 0.130 e. The van der Waals surface area contributed by atoms with Gasteiger partial charge < -0.3 is 9.69 Å². The second kappa shape index (κ2) is 8.44. The first-order valence-electron chi connectivity index (χ1n) is 9.53. The van der Waals surface area contributed by atoms with Gasteiger partial charge in [-0.25, -0.2) is 0 Å². The van der Waals surface area contributed by atoms with Crippen molar-refractivity contribution >= 4 is 5.78 Å². The number of Topliss-reactive ketones (excluding diaryl/α,β-unsaturated/α-hetero) is 1. The predicted molar refractivity (Wildman–Crippen MR) is 105 cm³/mol. The van der Waals surface area contributed by atoms with Gasteiger partial charge in [0.25, 0.3) is 0 Å². The molecular weight excluding hydrogens is 306 g/mol. The van der Waals surface area contributed by atoms with Crippen LogP contribution in [0.3, 0.4) is 0 Å². The van der Waals surface area contributed by atoms with Crippen LogP contribution in [0.15, 0.2) is 48.5 Å². The molecule has 2 heteroatoms. The Kier molecular flexibility index (Phi) is 6.04. The van der Waals surface area contributed by atoms with Crippen LogP contribution in [-0.4, -0.2) is 29.8 Å². The SMILES string of the molecule is CC(=O)CCc1ccc(-c2ccc(CCN3CCC[C@H]3C)cc2)cc1. The number of likely N-dealkylation sites (tertiary alicyclic amines) is 1. The van der Waals surface area contributed by atoms with E-state index in [4.69, 9.17) is 0 Å². The third-order valence-corrected chi connectivity index (χ3v) is 5.39. The Bertz CT molecular complexity index is 687. The Morgan fingerprint density at radius 3 is 2.00 bits per heavy atom. The zero-order chi connectivity index (χ0) is 17.6. The van der Waals surface area contributed by atoms with Crippen LogP contribution in [0.4, 0.5) is 0 Å². The molecule has 0 unspecified atom stereocenters. The molecule has 0 N–H and O–H groups in total. The molecule has 0 aliphatic carbocycles. The zero-order valence-corrected chi connectivity index (χ0v) is 15.5. The van der Waals surface area contributed by atoms with Gasteiger partial charge in [-0.3, -0.25) is 0 Å². The fraction of sp³-hybridized carbons (Fsp3) is 0.435. The Hall–Kier alpha value is -1.93. The van der Waals surface area contributed by atoms with Gasteiger partial charge in [-0.1, -0.05) is 48.5 Å². The van der Waals surface area contributed by atoms with Crippen LogP contribution in [-0.2, 0) is 17.6 Å². The molecule has 1 fully saturated rings. The van der Waals surface area contributed by atoms with Gasteiger partial charge in [0.1, 0.15) is 5.78 Å². The number of ketones is 1. The summed E-state index contributed by atoms with van der Waals surface area (Å²) in [6.07, 6.45) is 5.30. The fourth-order valence-electron chi connectivity index (χ4n) is 3.65. The van der Waals surface area contributed by atoms with E-state index in [-0.39, 0.29) is 5.78 Å². The summed E-state index contributed by atoms with van der Waals surface area (Å²) in [7, 11) is 0. The largest absolute Gasteiger partial charge is 0.300 e. The summed E-state index contributed by atoms with van der Waals surface area (Å²) in [5, 5.41) is 0. The highest BCUT2D eigenvalue weighted by molar-refractivity contribution is 5.75. The van der Waals surface area contributed by atoms with E-state index in [1.807, 2.05) is 0 Å². The maximum atomic E-state index is 11.1. The minimum absolute atomic E-state index is 0.253. The minimum atomic E-state index is 0.253. The van der Waals surface area contributed by atoms with Crippen molar-refractivity contribution in [2.24, 2.45) is 0 Å². The molecule has 2 aromatic rings. The van der Waals surface area contributed by atoms with Gasteiger partial charge >= 0.3 is 0 Å². The fourth-order valence-corrected chi connectivity index (χ4v) is 3.65. The third-order valence-electron chi connectivity index (χ3n) is 5.39. The predicted octanol–water partition coefficient (Wildman–Crippen LogP) is 4.90. The number of hydrogen-bond donors (Lipinski definition) is 0. The first kappa shape index (κ1) is 17.9. The Morgan fingerprint density at radius 1 is 0.960 bits per heavy atom. The minimum Gasteiger partial charge on any atom is -0.300 e. The molecule has 1 saturated heterocycles. The first-order chi connectivity index (χ1) is 12.1. The molecule has 0 aromatic heterocycles. The quantitative estimate of drug-likeness (QED) is 0.717. The van der Waals surface area contributed by atoms with E-state index in [0.29, 0.717) is 6.42 Å². The maximum absolute atomic E-state index is 11.1. The van der Waals surface area contributed by atoms with Crippen molar-refractivity contribution in [2.45, 2.75) is 52.0 Å². The van der Waals surface area contributed by atoms with Crippen molar-refractivity contribution < 1.29 is 4.79 Å². The van der Waals surface area contributed by atoms with Gasteiger partial charge in [0.05, 0.1) is 0 Å². The third kappa shape index (κ3) is 5.02. The lowest BCUT2D eigenvalue weighted by Crippen LogP contribution is -2.28. The molecule has 0 saturated carbocycles. The van der Waals surface area contributed by atoms with E-state index in [1.165, 1.54) is 48.2 Å². The summed E-state index contributed by atoms with van der Waals surface area (Å²) in [6.45, 7) is 6.43. The average molecular weight is 335 g/mol. The smallest absolute Gasteiger partial charge is 0.130 e. The molecule has 1 heterocycles. The van der Waals surface area contributed by atoms with Gasteiger partial charge in [-0.15, -0.1) is 0 Å². The second-order valence-electron chi connectivity index (χ2n) is 7.37. The van der Waals surface area contributed by atoms with Gasteiger partial charge in [-0.2, -0.15) is 0 Å². The monoisotopic (exact) mass is 335 g/mol. The standard InChI is InChI=1S/C23H29NO/c1-18-4-3-16-24(18)17-15-21-9-13-23(14-10-21)22-11-7-20(8-12-22)6-5-19(2)25/h7-14,18H,3-6,15-17H2,1-2H3/t18-/m1/s1. The summed E-state index contributed by atoms with van der Waals surface area (Å²) >= 11 is 0. The molecule has 0 amide bonds. The molecule has 132 valence electrons.